The lowest BCUT2D eigenvalue weighted by atomic mass is 9.84. The molecule has 160 valence electrons. The van der Waals surface area contributed by atoms with Crippen molar-refractivity contribution in [3.63, 3.8) is 0 Å². The lowest BCUT2D eigenvalue weighted by molar-refractivity contribution is -0.255. The van der Waals surface area contributed by atoms with Crippen molar-refractivity contribution in [1.29, 1.82) is 0 Å². The largest absolute Gasteiger partial charge is 0.545 e. The van der Waals surface area contributed by atoms with Crippen LogP contribution in [0.4, 0.5) is 0 Å². The van der Waals surface area contributed by atoms with Crippen molar-refractivity contribution in [1.82, 2.24) is 9.97 Å². The van der Waals surface area contributed by atoms with Crippen LogP contribution in [0.5, 0.6) is 0 Å². The number of benzene rings is 3. The number of carbonyl (C=O) groups is 1. The molecule has 3 aromatic carbocycles. The molecule has 4 heteroatoms. The minimum atomic E-state index is -1.16. The standard InChI is InChI=1S/C28H26N2O2/c1-3-17-7-5-9-21-23(15-29-26(17)21)25(19-11-13-20(14-12-19)28(31)32)24-16-30-27-18(4-2)8-6-10-22(24)27/h5-16,25,29-30H,3-4H2,1-2H3,(H,31,32)/p-1. The van der Waals surface area contributed by atoms with Crippen molar-refractivity contribution < 1.29 is 9.90 Å². The zero-order valence-corrected chi connectivity index (χ0v) is 18.2. The first kappa shape index (κ1) is 20.1. The molecular formula is C28H25N2O2-. The molecular weight excluding hydrogens is 396 g/mol. The summed E-state index contributed by atoms with van der Waals surface area (Å²) in [7, 11) is 0. The van der Waals surface area contributed by atoms with Crippen LogP contribution < -0.4 is 5.11 Å². The highest BCUT2D eigenvalue weighted by Gasteiger charge is 2.24. The summed E-state index contributed by atoms with van der Waals surface area (Å²) in [6.45, 7) is 4.33. The number of fused-ring (bicyclic) bond motifs is 2. The van der Waals surface area contributed by atoms with Gasteiger partial charge in [-0.2, -0.15) is 0 Å². The first-order chi connectivity index (χ1) is 15.6. The number of aryl methyl sites for hydroxylation is 2. The lowest BCUT2D eigenvalue weighted by Gasteiger charge is -2.18. The number of carboxylic acids is 1. The van der Waals surface area contributed by atoms with Crippen molar-refractivity contribution in [3.8, 4) is 0 Å². The van der Waals surface area contributed by atoms with Crippen molar-refractivity contribution in [2.45, 2.75) is 32.6 Å². The molecule has 0 fully saturated rings. The van der Waals surface area contributed by atoms with E-state index in [1.165, 1.54) is 33.0 Å². The lowest BCUT2D eigenvalue weighted by Crippen LogP contribution is -2.22. The number of rotatable bonds is 6. The van der Waals surface area contributed by atoms with E-state index in [1.54, 1.807) is 12.1 Å². The molecule has 0 atom stereocenters. The highest BCUT2D eigenvalue weighted by Crippen LogP contribution is 2.40. The third-order valence-corrected chi connectivity index (χ3v) is 6.53. The first-order valence-electron chi connectivity index (χ1n) is 11.1. The Labute approximate surface area is 186 Å². The van der Waals surface area contributed by atoms with Gasteiger partial charge in [0.2, 0.25) is 0 Å². The fourth-order valence-corrected chi connectivity index (χ4v) is 4.88. The van der Waals surface area contributed by atoms with E-state index in [0.29, 0.717) is 0 Å². The topological polar surface area (TPSA) is 71.7 Å². The predicted molar refractivity (Wildman–Crippen MR) is 127 cm³/mol. The Balaban J connectivity index is 1.77. The van der Waals surface area contributed by atoms with E-state index in [4.69, 9.17) is 0 Å². The van der Waals surface area contributed by atoms with Gasteiger partial charge in [0.1, 0.15) is 0 Å². The van der Waals surface area contributed by atoms with Crippen LogP contribution in [0.3, 0.4) is 0 Å². The smallest absolute Gasteiger partial charge is 0.0715 e. The Hall–Kier alpha value is -3.79. The summed E-state index contributed by atoms with van der Waals surface area (Å²) in [4.78, 5) is 18.3. The van der Waals surface area contributed by atoms with Crippen LogP contribution in [-0.4, -0.2) is 15.9 Å². The van der Waals surface area contributed by atoms with E-state index in [0.717, 1.165) is 29.4 Å². The molecule has 5 rings (SSSR count). The second-order valence-electron chi connectivity index (χ2n) is 8.22. The molecule has 0 amide bonds. The van der Waals surface area contributed by atoms with E-state index >= 15 is 0 Å². The van der Waals surface area contributed by atoms with E-state index < -0.39 is 5.97 Å². The maximum atomic E-state index is 11.3. The average molecular weight is 422 g/mol. The molecule has 32 heavy (non-hydrogen) atoms. The van der Waals surface area contributed by atoms with Crippen LogP contribution in [0.2, 0.25) is 0 Å². The number of aromatic nitrogens is 2. The number of H-pyrrole nitrogens is 2. The maximum absolute atomic E-state index is 11.3. The van der Waals surface area contributed by atoms with Crippen LogP contribution in [0.25, 0.3) is 21.8 Å². The van der Waals surface area contributed by atoms with E-state index in [1.807, 2.05) is 12.1 Å². The SMILES string of the molecule is CCc1cccc2c(C(c3ccc(C(=O)[O-])cc3)c3c[nH]c4c(CC)cccc34)c[nH]c12. The summed E-state index contributed by atoms with van der Waals surface area (Å²) < 4.78 is 0. The number of para-hydroxylation sites is 2. The van der Waals surface area contributed by atoms with E-state index in [-0.39, 0.29) is 11.5 Å². The zero-order valence-electron chi connectivity index (χ0n) is 18.2. The minimum Gasteiger partial charge on any atom is -0.545 e. The van der Waals surface area contributed by atoms with E-state index in [2.05, 4.69) is 72.6 Å². The molecule has 0 spiro atoms. The fraction of sp³-hybridized carbons (Fsp3) is 0.179. The zero-order chi connectivity index (χ0) is 22.2. The van der Waals surface area contributed by atoms with Gasteiger partial charge in [0.05, 0.1) is 5.97 Å². The van der Waals surface area contributed by atoms with Crippen LogP contribution in [-0.2, 0) is 12.8 Å². The quantitative estimate of drug-likeness (QED) is 0.390. The Morgan fingerprint density at radius 2 is 1.28 bits per heavy atom. The number of aromatic carboxylic acids is 1. The third kappa shape index (κ3) is 3.19. The number of aromatic amines is 2. The van der Waals surface area contributed by atoms with Gasteiger partial charge in [0, 0.05) is 40.1 Å². The van der Waals surface area contributed by atoms with Gasteiger partial charge in [0.15, 0.2) is 0 Å². The van der Waals surface area contributed by atoms with Gasteiger partial charge in [-0.05, 0) is 46.2 Å². The van der Waals surface area contributed by atoms with Gasteiger partial charge in [-0.25, -0.2) is 0 Å². The van der Waals surface area contributed by atoms with Crippen LogP contribution >= 0.6 is 0 Å². The van der Waals surface area contributed by atoms with Crippen LogP contribution in [0.15, 0.2) is 73.1 Å². The van der Waals surface area contributed by atoms with Gasteiger partial charge in [-0.1, -0.05) is 74.5 Å². The Morgan fingerprint density at radius 1 is 0.781 bits per heavy atom. The molecule has 0 aliphatic carbocycles. The van der Waals surface area contributed by atoms with Crippen molar-refractivity contribution in [2.75, 3.05) is 0 Å². The summed E-state index contributed by atoms with van der Waals surface area (Å²) >= 11 is 0. The van der Waals surface area contributed by atoms with Crippen molar-refractivity contribution in [2.24, 2.45) is 0 Å². The fourth-order valence-electron chi connectivity index (χ4n) is 4.88. The number of hydrogen-bond donors (Lipinski definition) is 2. The second-order valence-corrected chi connectivity index (χ2v) is 8.22. The molecule has 2 N–H and O–H groups in total. The predicted octanol–water partition coefficient (Wildman–Crippen LogP) is 5.32. The molecule has 2 heterocycles. The molecule has 0 saturated heterocycles. The Bertz CT molecular complexity index is 1340. The summed E-state index contributed by atoms with van der Waals surface area (Å²) in [6, 6.07) is 19.9. The summed E-state index contributed by atoms with van der Waals surface area (Å²) in [6.07, 6.45) is 6.11. The Morgan fingerprint density at radius 3 is 1.72 bits per heavy atom. The molecule has 2 aromatic heterocycles. The molecule has 4 nitrogen and oxygen atoms in total. The minimum absolute atomic E-state index is 0.0486. The highest BCUT2D eigenvalue weighted by molar-refractivity contribution is 5.92. The number of carboxylic acid groups (broad SMARTS) is 1. The monoisotopic (exact) mass is 421 g/mol. The number of nitrogens with one attached hydrogen (secondary N) is 2. The normalized spacial score (nSPS) is 11.6. The average Bonchev–Trinajstić information content (AvgIpc) is 3.45. The molecule has 0 aliphatic rings. The number of carbonyl (C=O) groups excluding carboxylic acids is 1. The molecule has 0 saturated carbocycles. The van der Waals surface area contributed by atoms with Gasteiger partial charge in [-0.15, -0.1) is 0 Å². The second kappa shape index (κ2) is 8.04. The summed E-state index contributed by atoms with van der Waals surface area (Å²) in [5.74, 6) is -1.21. The summed E-state index contributed by atoms with van der Waals surface area (Å²) in [5, 5.41) is 13.7. The molecule has 0 radical (unpaired) electrons. The van der Waals surface area contributed by atoms with Crippen molar-refractivity contribution in [3.05, 3.63) is 106 Å². The highest BCUT2D eigenvalue weighted by atomic mass is 16.4. The molecule has 5 aromatic rings. The van der Waals surface area contributed by atoms with Gasteiger partial charge in [-0.3, -0.25) is 0 Å². The van der Waals surface area contributed by atoms with Gasteiger partial charge < -0.3 is 19.9 Å². The molecule has 0 aliphatic heterocycles. The first-order valence-corrected chi connectivity index (χ1v) is 11.1. The third-order valence-electron chi connectivity index (χ3n) is 6.53. The van der Waals surface area contributed by atoms with Gasteiger partial charge in [0.25, 0.3) is 0 Å². The summed E-state index contributed by atoms with van der Waals surface area (Å²) in [5.41, 5.74) is 8.48. The number of hydrogen-bond acceptors (Lipinski definition) is 2. The maximum Gasteiger partial charge on any atom is 0.0715 e. The van der Waals surface area contributed by atoms with E-state index in [9.17, 15) is 9.90 Å². The molecule has 0 unspecified atom stereocenters. The van der Waals surface area contributed by atoms with Crippen molar-refractivity contribution >= 4 is 27.8 Å². The van der Waals surface area contributed by atoms with Crippen LogP contribution in [0.1, 0.15) is 57.9 Å². The van der Waals surface area contributed by atoms with Crippen LogP contribution in [0, 0.1) is 0 Å². The molecule has 0 bridgehead atoms. The Kier molecular flexibility index (Phi) is 5.06. The van der Waals surface area contributed by atoms with Gasteiger partial charge >= 0.3 is 0 Å².